The maximum Gasteiger partial charge on any atom is 0.317 e. The predicted octanol–water partition coefficient (Wildman–Crippen LogP) is 1.29. The summed E-state index contributed by atoms with van der Waals surface area (Å²) in [6.07, 6.45) is 3.15. The van der Waals surface area contributed by atoms with Crippen molar-refractivity contribution in [1.29, 1.82) is 0 Å². The van der Waals surface area contributed by atoms with Gasteiger partial charge in [0.2, 0.25) is 0 Å². The first-order valence-corrected chi connectivity index (χ1v) is 4.03. The number of carbonyl (C=O) groups excluding carboxylic acids is 2. The number of esters is 2. The molecule has 1 heterocycles. The Morgan fingerprint density at radius 1 is 1.50 bits per heavy atom. The van der Waals surface area contributed by atoms with Gasteiger partial charge in [0.25, 0.3) is 0 Å². The van der Waals surface area contributed by atoms with Crippen LogP contribution in [0.2, 0.25) is 0 Å². The summed E-state index contributed by atoms with van der Waals surface area (Å²) in [6.45, 7) is 5.28. The van der Waals surface area contributed by atoms with Crippen LogP contribution in [0.3, 0.4) is 0 Å². The van der Waals surface area contributed by atoms with Gasteiger partial charge in [0, 0.05) is 0 Å². The average molecular weight is 168 g/mol. The Bertz CT molecular complexity index is 220. The summed E-state index contributed by atoms with van der Waals surface area (Å²) in [5.74, 6) is -1.31. The zero-order valence-corrected chi connectivity index (χ0v) is 7.08. The Morgan fingerprint density at radius 2 is 2.17 bits per heavy atom. The van der Waals surface area contributed by atoms with E-state index >= 15 is 0 Å². The van der Waals surface area contributed by atoms with Crippen molar-refractivity contribution in [3.63, 3.8) is 0 Å². The van der Waals surface area contributed by atoms with Crippen molar-refractivity contribution < 1.29 is 14.3 Å². The molecule has 2 atom stereocenters. The van der Waals surface area contributed by atoms with Crippen molar-refractivity contribution in [3.05, 3.63) is 12.7 Å². The van der Waals surface area contributed by atoms with E-state index in [2.05, 4.69) is 11.3 Å². The molecule has 66 valence electrons. The molecule has 1 aliphatic heterocycles. The molecule has 0 spiro atoms. The highest BCUT2D eigenvalue weighted by molar-refractivity contribution is 5.96. The molecule has 1 aliphatic rings. The predicted molar refractivity (Wildman–Crippen MR) is 43.2 cm³/mol. The first-order chi connectivity index (χ1) is 5.66. The first-order valence-electron chi connectivity index (χ1n) is 4.03. The van der Waals surface area contributed by atoms with Gasteiger partial charge in [-0.1, -0.05) is 13.0 Å². The third kappa shape index (κ3) is 1.55. The van der Waals surface area contributed by atoms with E-state index in [9.17, 15) is 9.59 Å². The summed E-state index contributed by atoms with van der Waals surface area (Å²) in [4.78, 5) is 21.9. The monoisotopic (exact) mass is 168 g/mol. The molecule has 12 heavy (non-hydrogen) atoms. The van der Waals surface area contributed by atoms with E-state index in [0.29, 0.717) is 6.42 Å². The number of cyclic esters (lactones) is 2. The van der Waals surface area contributed by atoms with E-state index in [1.54, 1.807) is 13.0 Å². The van der Waals surface area contributed by atoms with Gasteiger partial charge in [-0.15, -0.1) is 6.58 Å². The Hall–Kier alpha value is -1.12. The van der Waals surface area contributed by atoms with E-state index in [1.165, 1.54) is 0 Å². The lowest BCUT2D eigenvalue weighted by Crippen LogP contribution is -2.14. The fourth-order valence-electron chi connectivity index (χ4n) is 1.30. The molecule has 0 radical (unpaired) electrons. The van der Waals surface area contributed by atoms with Crippen LogP contribution in [-0.2, 0) is 14.3 Å². The minimum Gasteiger partial charge on any atom is -0.393 e. The van der Waals surface area contributed by atoms with Crippen molar-refractivity contribution in [2.75, 3.05) is 0 Å². The van der Waals surface area contributed by atoms with Gasteiger partial charge in [-0.25, -0.2) is 0 Å². The maximum atomic E-state index is 11.0. The maximum absolute atomic E-state index is 11.0. The summed E-state index contributed by atoms with van der Waals surface area (Å²) < 4.78 is 4.47. The molecular formula is C9H12O3. The number of hydrogen-bond acceptors (Lipinski definition) is 3. The Labute approximate surface area is 71.4 Å². The van der Waals surface area contributed by atoms with Crippen LogP contribution in [-0.4, -0.2) is 11.9 Å². The SMILES string of the molecule is C=CCCC1C(=O)OC(=O)C1C. The molecule has 3 nitrogen and oxygen atoms in total. The van der Waals surface area contributed by atoms with Gasteiger partial charge < -0.3 is 4.74 Å². The molecule has 0 saturated carbocycles. The average Bonchev–Trinajstić information content (AvgIpc) is 2.25. The molecule has 0 aromatic carbocycles. The molecule has 0 aromatic heterocycles. The molecule has 0 amide bonds. The molecule has 1 fully saturated rings. The van der Waals surface area contributed by atoms with E-state index in [1.807, 2.05) is 0 Å². The molecule has 0 bridgehead atoms. The fraction of sp³-hybridized carbons (Fsp3) is 0.556. The first kappa shape index (κ1) is 8.97. The van der Waals surface area contributed by atoms with E-state index < -0.39 is 5.97 Å². The zero-order chi connectivity index (χ0) is 9.14. The highest BCUT2D eigenvalue weighted by Gasteiger charge is 2.40. The van der Waals surface area contributed by atoms with Crippen LogP contribution in [0, 0.1) is 11.8 Å². The second-order valence-corrected chi connectivity index (χ2v) is 3.00. The third-order valence-corrected chi connectivity index (χ3v) is 2.16. The highest BCUT2D eigenvalue weighted by Crippen LogP contribution is 2.26. The lowest BCUT2D eigenvalue weighted by atomic mass is 9.92. The summed E-state index contributed by atoms with van der Waals surface area (Å²) in [5.41, 5.74) is 0. The van der Waals surface area contributed by atoms with Crippen LogP contribution in [0.25, 0.3) is 0 Å². The largest absolute Gasteiger partial charge is 0.393 e. The van der Waals surface area contributed by atoms with Gasteiger partial charge in [0.15, 0.2) is 0 Å². The van der Waals surface area contributed by atoms with Gasteiger partial charge in [0.1, 0.15) is 0 Å². The molecular weight excluding hydrogens is 156 g/mol. The lowest BCUT2D eigenvalue weighted by Gasteiger charge is -2.05. The summed E-state index contributed by atoms with van der Waals surface area (Å²) >= 11 is 0. The Morgan fingerprint density at radius 3 is 2.58 bits per heavy atom. The number of allylic oxidation sites excluding steroid dienone is 1. The van der Waals surface area contributed by atoms with Crippen molar-refractivity contribution in [1.82, 2.24) is 0 Å². The molecule has 1 saturated heterocycles. The Balaban J connectivity index is 2.57. The molecule has 0 N–H and O–H groups in total. The van der Waals surface area contributed by atoms with Crippen LogP contribution in [0.1, 0.15) is 19.8 Å². The summed E-state index contributed by atoms with van der Waals surface area (Å²) in [5, 5.41) is 0. The topological polar surface area (TPSA) is 43.4 Å². The van der Waals surface area contributed by atoms with Crippen LogP contribution in [0.15, 0.2) is 12.7 Å². The molecule has 0 aromatic rings. The van der Waals surface area contributed by atoms with Gasteiger partial charge in [0.05, 0.1) is 11.8 Å². The number of carbonyl (C=O) groups is 2. The van der Waals surface area contributed by atoms with Crippen molar-refractivity contribution >= 4 is 11.9 Å². The van der Waals surface area contributed by atoms with E-state index in [-0.39, 0.29) is 17.8 Å². The second kappa shape index (κ2) is 3.52. The third-order valence-electron chi connectivity index (χ3n) is 2.16. The molecule has 3 heteroatoms. The van der Waals surface area contributed by atoms with Gasteiger partial charge in [-0.3, -0.25) is 9.59 Å². The number of rotatable bonds is 3. The van der Waals surface area contributed by atoms with E-state index in [4.69, 9.17) is 0 Å². The van der Waals surface area contributed by atoms with Crippen LogP contribution < -0.4 is 0 Å². The number of ether oxygens (including phenoxy) is 1. The van der Waals surface area contributed by atoms with E-state index in [0.717, 1.165) is 6.42 Å². The summed E-state index contributed by atoms with van der Waals surface area (Å²) in [6, 6.07) is 0. The summed E-state index contributed by atoms with van der Waals surface area (Å²) in [7, 11) is 0. The fourth-order valence-corrected chi connectivity index (χ4v) is 1.30. The smallest absolute Gasteiger partial charge is 0.317 e. The standard InChI is InChI=1S/C9H12O3/c1-3-4-5-7-6(2)8(10)12-9(7)11/h3,6-7H,1,4-5H2,2H3. The van der Waals surface area contributed by atoms with Gasteiger partial charge in [-0.2, -0.15) is 0 Å². The molecule has 1 rings (SSSR count). The van der Waals surface area contributed by atoms with Gasteiger partial charge in [-0.05, 0) is 12.8 Å². The van der Waals surface area contributed by atoms with Crippen molar-refractivity contribution in [2.45, 2.75) is 19.8 Å². The van der Waals surface area contributed by atoms with Crippen LogP contribution in [0.5, 0.6) is 0 Å². The molecule has 0 aliphatic carbocycles. The van der Waals surface area contributed by atoms with Crippen LogP contribution >= 0.6 is 0 Å². The van der Waals surface area contributed by atoms with Crippen molar-refractivity contribution in [3.8, 4) is 0 Å². The lowest BCUT2D eigenvalue weighted by molar-refractivity contribution is -0.153. The van der Waals surface area contributed by atoms with Crippen LogP contribution in [0.4, 0.5) is 0 Å². The second-order valence-electron chi connectivity index (χ2n) is 3.00. The number of hydrogen-bond donors (Lipinski definition) is 0. The van der Waals surface area contributed by atoms with Gasteiger partial charge >= 0.3 is 11.9 Å². The minimum atomic E-state index is -0.394. The normalized spacial score (nSPS) is 28.8. The Kier molecular flexibility index (Phi) is 2.63. The minimum absolute atomic E-state index is 0.254. The molecule has 2 unspecified atom stereocenters. The zero-order valence-electron chi connectivity index (χ0n) is 7.08. The quantitative estimate of drug-likeness (QED) is 0.362. The highest BCUT2D eigenvalue weighted by atomic mass is 16.6. The van der Waals surface area contributed by atoms with Crippen molar-refractivity contribution in [2.24, 2.45) is 11.8 Å².